The summed E-state index contributed by atoms with van der Waals surface area (Å²) in [4.78, 5) is 9.66. The van der Waals surface area contributed by atoms with Gasteiger partial charge in [-0.15, -0.1) is 0 Å². The minimum Gasteiger partial charge on any atom is -0.381 e. The number of halogens is 4. The fourth-order valence-electron chi connectivity index (χ4n) is 4.13. The number of rotatable bonds is 5. The Morgan fingerprint density at radius 3 is 2.47 bits per heavy atom. The summed E-state index contributed by atoms with van der Waals surface area (Å²) in [6.07, 6.45) is -3.11. The van der Waals surface area contributed by atoms with E-state index in [0.717, 1.165) is 24.5 Å². The van der Waals surface area contributed by atoms with Gasteiger partial charge < -0.3 is 25.0 Å². The SMILES string of the molecule is FC(F)(F)c1cc(N2CCOCC2)nc(NC(=S)NCC2(c3cccc(Cl)c3)CCOCC2)n1. The van der Waals surface area contributed by atoms with Crippen LogP contribution in [0.3, 0.4) is 0 Å². The van der Waals surface area contributed by atoms with Gasteiger partial charge in [0.15, 0.2) is 10.8 Å². The van der Waals surface area contributed by atoms with E-state index in [0.29, 0.717) is 51.1 Å². The van der Waals surface area contributed by atoms with E-state index in [-0.39, 0.29) is 22.3 Å². The molecule has 1 aromatic carbocycles. The Hall–Kier alpha value is -2.21. The molecular weight excluding hydrogens is 491 g/mol. The molecule has 2 N–H and O–H groups in total. The summed E-state index contributed by atoms with van der Waals surface area (Å²) in [7, 11) is 0. The van der Waals surface area contributed by atoms with Crippen LogP contribution in [0.15, 0.2) is 30.3 Å². The van der Waals surface area contributed by atoms with E-state index in [1.165, 1.54) is 0 Å². The van der Waals surface area contributed by atoms with E-state index in [1.807, 2.05) is 24.3 Å². The molecule has 3 heterocycles. The first kappa shape index (κ1) is 24.9. The highest BCUT2D eigenvalue weighted by Gasteiger charge is 2.36. The fraction of sp³-hybridized carbons (Fsp3) is 0.500. The Morgan fingerprint density at radius 2 is 1.79 bits per heavy atom. The summed E-state index contributed by atoms with van der Waals surface area (Å²) in [5.41, 5.74) is -0.250. The number of hydrogen-bond acceptors (Lipinski definition) is 6. The van der Waals surface area contributed by atoms with Crippen molar-refractivity contribution < 1.29 is 22.6 Å². The van der Waals surface area contributed by atoms with E-state index in [9.17, 15) is 13.2 Å². The second kappa shape index (κ2) is 10.6. The Kier molecular flexibility index (Phi) is 7.76. The van der Waals surface area contributed by atoms with Crippen molar-refractivity contribution in [2.24, 2.45) is 0 Å². The predicted octanol–water partition coefficient (Wildman–Crippen LogP) is 4.02. The number of aromatic nitrogens is 2. The van der Waals surface area contributed by atoms with Gasteiger partial charge in [0, 0.05) is 49.4 Å². The molecule has 1 aromatic heterocycles. The topological polar surface area (TPSA) is 71.5 Å². The first-order chi connectivity index (χ1) is 16.2. The minimum atomic E-state index is -4.62. The number of anilines is 2. The van der Waals surface area contributed by atoms with E-state index in [1.54, 1.807) is 4.90 Å². The summed E-state index contributed by atoms with van der Waals surface area (Å²) < 4.78 is 51.3. The van der Waals surface area contributed by atoms with Crippen LogP contribution in [0.5, 0.6) is 0 Å². The van der Waals surface area contributed by atoms with Crippen LogP contribution in [0.2, 0.25) is 5.02 Å². The molecule has 0 unspecified atom stereocenters. The normalized spacial score (nSPS) is 18.4. The van der Waals surface area contributed by atoms with E-state index < -0.39 is 11.9 Å². The number of hydrogen-bond donors (Lipinski definition) is 2. The van der Waals surface area contributed by atoms with Crippen molar-refractivity contribution in [3.05, 3.63) is 46.6 Å². The molecule has 0 atom stereocenters. The van der Waals surface area contributed by atoms with E-state index in [2.05, 4.69) is 20.6 Å². The molecule has 0 amide bonds. The average Bonchev–Trinajstić information content (AvgIpc) is 2.83. The molecule has 0 aliphatic carbocycles. The van der Waals surface area contributed by atoms with Gasteiger partial charge in [-0.2, -0.15) is 18.2 Å². The summed E-state index contributed by atoms with van der Waals surface area (Å²) in [5, 5.41) is 6.66. The molecular formula is C22H25ClF3N5O2S. The summed E-state index contributed by atoms with van der Waals surface area (Å²) in [5.74, 6) is -0.0339. The Bertz CT molecular complexity index is 1010. The molecule has 34 heavy (non-hydrogen) atoms. The minimum absolute atomic E-state index is 0.139. The maximum Gasteiger partial charge on any atom is 0.433 e. The van der Waals surface area contributed by atoms with Gasteiger partial charge in [0.25, 0.3) is 0 Å². The van der Waals surface area contributed by atoms with Crippen LogP contribution >= 0.6 is 23.8 Å². The van der Waals surface area contributed by atoms with Gasteiger partial charge in [0.2, 0.25) is 5.95 Å². The molecule has 12 heteroatoms. The third-order valence-electron chi connectivity index (χ3n) is 6.04. The van der Waals surface area contributed by atoms with Crippen LogP contribution in [-0.2, 0) is 21.1 Å². The van der Waals surface area contributed by atoms with Crippen molar-refractivity contribution in [3.8, 4) is 0 Å². The van der Waals surface area contributed by atoms with Gasteiger partial charge in [0.1, 0.15) is 5.82 Å². The quantitative estimate of drug-likeness (QED) is 0.579. The molecule has 2 aromatic rings. The number of nitrogens with one attached hydrogen (secondary N) is 2. The summed E-state index contributed by atoms with van der Waals surface area (Å²) in [6.45, 7) is 3.37. The fourth-order valence-corrected chi connectivity index (χ4v) is 4.49. The second-order valence-electron chi connectivity index (χ2n) is 8.24. The maximum atomic E-state index is 13.5. The van der Waals surface area contributed by atoms with Crippen molar-refractivity contribution in [3.63, 3.8) is 0 Å². The van der Waals surface area contributed by atoms with Crippen LogP contribution < -0.4 is 15.5 Å². The molecule has 4 rings (SSSR count). The van der Waals surface area contributed by atoms with Gasteiger partial charge in [0.05, 0.1) is 13.2 Å². The lowest BCUT2D eigenvalue weighted by atomic mass is 9.74. The number of benzene rings is 1. The second-order valence-corrected chi connectivity index (χ2v) is 9.09. The van der Waals surface area contributed by atoms with E-state index in [4.69, 9.17) is 33.3 Å². The predicted molar refractivity (Wildman–Crippen MR) is 127 cm³/mol. The van der Waals surface area contributed by atoms with Gasteiger partial charge in [-0.1, -0.05) is 23.7 Å². The molecule has 2 fully saturated rings. The Labute approximate surface area is 206 Å². The summed E-state index contributed by atoms with van der Waals surface area (Å²) >= 11 is 11.6. The zero-order chi connectivity index (χ0) is 24.2. The van der Waals surface area contributed by atoms with Crippen LogP contribution in [0, 0.1) is 0 Å². The third kappa shape index (κ3) is 6.07. The maximum absolute atomic E-state index is 13.5. The highest BCUT2D eigenvalue weighted by atomic mass is 35.5. The van der Waals surface area contributed by atoms with Crippen LogP contribution in [0.1, 0.15) is 24.1 Å². The molecule has 7 nitrogen and oxygen atoms in total. The third-order valence-corrected chi connectivity index (χ3v) is 6.52. The van der Waals surface area contributed by atoms with Crippen molar-refractivity contribution in [1.29, 1.82) is 0 Å². The van der Waals surface area contributed by atoms with Crippen molar-refractivity contribution in [1.82, 2.24) is 15.3 Å². The molecule has 0 saturated carbocycles. The number of alkyl halides is 3. The molecule has 2 aliphatic rings. The largest absolute Gasteiger partial charge is 0.433 e. The van der Waals surface area contributed by atoms with E-state index >= 15 is 0 Å². The highest BCUT2D eigenvalue weighted by Crippen LogP contribution is 2.35. The first-order valence-electron chi connectivity index (χ1n) is 10.9. The lowest BCUT2D eigenvalue weighted by molar-refractivity contribution is -0.141. The van der Waals surface area contributed by atoms with Gasteiger partial charge in [-0.05, 0) is 42.8 Å². The van der Waals surface area contributed by atoms with Gasteiger partial charge in [-0.25, -0.2) is 4.98 Å². The number of ether oxygens (including phenoxy) is 2. The number of nitrogens with zero attached hydrogens (tertiary/aromatic N) is 3. The highest BCUT2D eigenvalue weighted by molar-refractivity contribution is 7.80. The van der Waals surface area contributed by atoms with Crippen LogP contribution in [0.25, 0.3) is 0 Å². The average molecular weight is 516 g/mol. The Balaban J connectivity index is 1.50. The lowest BCUT2D eigenvalue weighted by Gasteiger charge is -2.38. The van der Waals surface area contributed by atoms with Crippen molar-refractivity contribution in [2.45, 2.75) is 24.4 Å². The Morgan fingerprint density at radius 1 is 1.09 bits per heavy atom. The zero-order valence-corrected chi connectivity index (χ0v) is 19.9. The number of morpholine rings is 1. The van der Waals surface area contributed by atoms with Crippen LogP contribution in [-0.4, -0.2) is 61.1 Å². The zero-order valence-electron chi connectivity index (χ0n) is 18.3. The molecule has 2 saturated heterocycles. The molecule has 0 spiro atoms. The standard InChI is InChI=1S/C22H25ClF3N5O2S/c23-16-3-1-2-15(12-16)21(4-8-32-9-5-21)14-27-20(34)30-19-28-17(22(24,25)26)13-18(29-19)31-6-10-33-11-7-31/h1-3,12-13H,4-11,14H2,(H2,27,28,29,30,34). The molecule has 2 aliphatic heterocycles. The monoisotopic (exact) mass is 515 g/mol. The first-order valence-corrected chi connectivity index (χ1v) is 11.7. The smallest absolute Gasteiger partial charge is 0.381 e. The van der Waals surface area contributed by atoms with Crippen molar-refractivity contribution in [2.75, 3.05) is 56.3 Å². The molecule has 184 valence electrons. The van der Waals surface area contributed by atoms with Crippen LogP contribution in [0.4, 0.5) is 24.9 Å². The number of thiocarbonyl (C=S) groups is 1. The van der Waals surface area contributed by atoms with Gasteiger partial charge in [-0.3, -0.25) is 0 Å². The molecule has 0 radical (unpaired) electrons. The summed E-state index contributed by atoms with van der Waals surface area (Å²) in [6, 6.07) is 8.60. The lowest BCUT2D eigenvalue weighted by Crippen LogP contribution is -2.45. The molecule has 0 bridgehead atoms. The van der Waals surface area contributed by atoms with Crippen molar-refractivity contribution >= 4 is 40.7 Å². The van der Waals surface area contributed by atoms with Gasteiger partial charge >= 0.3 is 6.18 Å².